The standard InChI is InChI=1S/C13H12F2N2O3S/c1-2-12(18)16-6-8-17(9-7-16)21(19,20)13-10(14)4-3-5-11(13)15/h1,3-5H,6-9H2. The van der Waals surface area contributed by atoms with E-state index in [1.807, 2.05) is 5.92 Å². The van der Waals surface area contributed by atoms with Crippen molar-refractivity contribution in [1.29, 1.82) is 0 Å². The van der Waals surface area contributed by atoms with Crippen molar-refractivity contribution in [2.75, 3.05) is 26.2 Å². The van der Waals surface area contributed by atoms with E-state index < -0.39 is 32.5 Å². The number of benzene rings is 1. The van der Waals surface area contributed by atoms with Crippen molar-refractivity contribution < 1.29 is 22.0 Å². The molecule has 1 amide bonds. The molecular formula is C13H12F2N2O3S. The predicted molar refractivity (Wildman–Crippen MR) is 70.5 cm³/mol. The number of piperazine rings is 1. The van der Waals surface area contributed by atoms with E-state index in [0.717, 1.165) is 22.5 Å². The molecule has 0 atom stereocenters. The number of nitrogens with zero attached hydrogens (tertiary/aromatic N) is 2. The normalized spacial score (nSPS) is 16.5. The molecule has 1 aromatic rings. The first-order valence-electron chi connectivity index (χ1n) is 6.07. The van der Waals surface area contributed by atoms with Gasteiger partial charge in [-0.2, -0.15) is 4.31 Å². The molecule has 1 aliphatic rings. The lowest BCUT2D eigenvalue weighted by Crippen LogP contribution is -2.50. The highest BCUT2D eigenvalue weighted by Crippen LogP contribution is 2.23. The zero-order chi connectivity index (χ0) is 15.6. The van der Waals surface area contributed by atoms with Crippen LogP contribution in [0.2, 0.25) is 0 Å². The number of sulfonamides is 1. The van der Waals surface area contributed by atoms with E-state index in [9.17, 15) is 22.0 Å². The highest BCUT2D eigenvalue weighted by atomic mass is 32.2. The zero-order valence-electron chi connectivity index (χ0n) is 10.9. The lowest BCUT2D eigenvalue weighted by Gasteiger charge is -2.33. The second-order valence-electron chi connectivity index (χ2n) is 4.39. The smallest absolute Gasteiger partial charge is 0.298 e. The van der Waals surface area contributed by atoms with Gasteiger partial charge in [-0.25, -0.2) is 17.2 Å². The van der Waals surface area contributed by atoms with Crippen LogP contribution in [0.1, 0.15) is 0 Å². The fourth-order valence-corrected chi connectivity index (χ4v) is 3.61. The molecule has 0 N–H and O–H groups in total. The Kier molecular flexibility index (Phi) is 4.25. The first-order valence-corrected chi connectivity index (χ1v) is 7.51. The summed E-state index contributed by atoms with van der Waals surface area (Å²) in [5, 5.41) is 0. The van der Waals surface area contributed by atoms with Crippen LogP contribution in [0.25, 0.3) is 0 Å². The Morgan fingerprint density at radius 2 is 1.67 bits per heavy atom. The van der Waals surface area contributed by atoms with E-state index in [0.29, 0.717) is 0 Å². The van der Waals surface area contributed by atoms with Gasteiger partial charge in [0.05, 0.1) is 0 Å². The molecule has 1 fully saturated rings. The third kappa shape index (κ3) is 2.89. The Labute approximate surface area is 121 Å². The van der Waals surface area contributed by atoms with Gasteiger partial charge in [0, 0.05) is 26.2 Å². The molecule has 21 heavy (non-hydrogen) atoms. The molecule has 0 spiro atoms. The highest BCUT2D eigenvalue weighted by molar-refractivity contribution is 7.89. The van der Waals surface area contributed by atoms with Crippen molar-refractivity contribution >= 4 is 15.9 Å². The predicted octanol–water partition coefficient (Wildman–Crippen LogP) is 0.431. The van der Waals surface area contributed by atoms with Gasteiger partial charge < -0.3 is 4.90 Å². The number of terminal acetylenes is 1. The molecule has 8 heteroatoms. The fourth-order valence-electron chi connectivity index (χ4n) is 2.08. The Morgan fingerprint density at radius 1 is 1.14 bits per heavy atom. The summed E-state index contributed by atoms with van der Waals surface area (Å²) >= 11 is 0. The molecule has 1 heterocycles. The van der Waals surface area contributed by atoms with Crippen LogP contribution in [-0.4, -0.2) is 49.7 Å². The first-order chi connectivity index (χ1) is 9.87. The highest BCUT2D eigenvalue weighted by Gasteiger charge is 2.33. The van der Waals surface area contributed by atoms with Crippen LogP contribution in [0, 0.1) is 24.0 Å². The summed E-state index contributed by atoms with van der Waals surface area (Å²) in [5.41, 5.74) is 0. The second-order valence-corrected chi connectivity index (χ2v) is 6.27. The molecule has 1 aromatic carbocycles. The number of rotatable bonds is 2. The number of halogens is 2. The van der Waals surface area contributed by atoms with Gasteiger partial charge in [0.2, 0.25) is 10.0 Å². The number of hydrogen-bond acceptors (Lipinski definition) is 3. The van der Waals surface area contributed by atoms with Crippen molar-refractivity contribution in [1.82, 2.24) is 9.21 Å². The minimum Gasteiger partial charge on any atom is -0.329 e. The van der Waals surface area contributed by atoms with Crippen molar-refractivity contribution in [3.63, 3.8) is 0 Å². The molecule has 2 rings (SSSR count). The number of hydrogen-bond donors (Lipinski definition) is 0. The van der Waals surface area contributed by atoms with Crippen molar-refractivity contribution in [2.45, 2.75) is 4.90 Å². The van der Waals surface area contributed by atoms with Gasteiger partial charge in [0.25, 0.3) is 5.91 Å². The summed E-state index contributed by atoms with van der Waals surface area (Å²) in [4.78, 5) is 11.6. The van der Waals surface area contributed by atoms with Gasteiger partial charge >= 0.3 is 0 Å². The van der Waals surface area contributed by atoms with Gasteiger partial charge in [-0.05, 0) is 18.1 Å². The van der Waals surface area contributed by atoms with Crippen LogP contribution >= 0.6 is 0 Å². The molecule has 0 unspecified atom stereocenters. The van der Waals surface area contributed by atoms with Crippen LogP contribution in [0.15, 0.2) is 23.1 Å². The quantitative estimate of drug-likeness (QED) is 0.744. The number of carbonyl (C=O) groups excluding carboxylic acids is 1. The zero-order valence-corrected chi connectivity index (χ0v) is 11.7. The third-order valence-electron chi connectivity index (χ3n) is 3.17. The van der Waals surface area contributed by atoms with E-state index in [-0.39, 0.29) is 26.2 Å². The SMILES string of the molecule is C#CC(=O)N1CCN(S(=O)(=O)c2c(F)cccc2F)CC1. The Morgan fingerprint density at radius 3 is 2.14 bits per heavy atom. The molecule has 0 saturated carbocycles. The van der Waals surface area contributed by atoms with Gasteiger partial charge in [0.15, 0.2) is 4.90 Å². The van der Waals surface area contributed by atoms with Crippen LogP contribution < -0.4 is 0 Å². The average Bonchev–Trinajstić information content (AvgIpc) is 2.46. The number of carbonyl (C=O) groups is 1. The largest absolute Gasteiger partial charge is 0.329 e. The van der Waals surface area contributed by atoms with Crippen LogP contribution in [0.4, 0.5) is 8.78 Å². The lowest BCUT2D eigenvalue weighted by molar-refractivity contribution is -0.126. The van der Waals surface area contributed by atoms with Gasteiger partial charge in [-0.1, -0.05) is 6.07 Å². The summed E-state index contributed by atoms with van der Waals surface area (Å²) in [5.74, 6) is -0.884. The molecule has 112 valence electrons. The van der Waals surface area contributed by atoms with Crippen molar-refractivity contribution in [3.8, 4) is 12.3 Å². The molecule has 0 radical (unpaired) electrons. The summed E-state index contributed by atoms with van der Waals surface area (Å²) in [6.07, 6.45) is 4.98. The van der Waals surface area contributed by atoms with E-state index in [4.69, 9.17) is 6.42 Å². The van der Waals surface area contributed by atoms with E-state index in [1.165, 1.54) is 4.90 Å². The average molecular weight is 314 g/mol. The summed E-state index contributed by atoms with van der Waals surface area (Å²) in [6, 6.07) is 2.86. The van der Waals surface area contributed by atoms with Crippen molar-refractivity contribution in [2.24, 2.45) is 0 Å². The summed E-state index contributed by atoms with van der Waals surface area (Å²) in [6.45, 7) is 0.0315. The number of amides is 1. The molecule has 1 saturated heterocycles. The van der Waals surface area contributed by atoms with Crippen LogP contribution in [-0.2, 0) is 14.8 Å². The molecule has 0 aromatic heterocycles. The maximum Gasteiger partial charge on any atom is 0.298 e. The molecule has 0 aliphatic carbocycles. The minimum absolute atomic E-state index is 0.0659. The van der Waals surface area contributed by atoms with Gasteiger partial charge in [-0.3, -0.25) is 4.79 Å². The lowest BCUT2D eigenvalue weighted by atomic mass is 10.3. The fraction of sp³-hybridized carbons (Fsp3) is 0.308. The topological polar surface area (TPSA) is 57.7 Å². The van der Waals surface area contributed by atoms with E-state index in [2.05, 4.69) is 0 Å². The molecule has 0 bridgehead atoms. The Hall–Kier alpha value is -1.98. The van der Waals surface area contributed by atoms with Gasteiger partial charge in [0.1, 0.15) is 11.6 Å². The monoisotopic (exact) mass is 314 g/mol. The molecule has 5 nitrogen and oxygen atoms in total. The summed E-state index contributed by atoms with van der Waals surface area (Å²) in [7, 11) is -4.29. The van der Waals surface area contributed by atoms with Crippen LogP contribution in [0.3, 0.4) is 0 Å². The maximum atomic E-state index is 13.6. The maximum absolute atomic E-state index is 13.6. The van der Waals surface area contributed by atoms with Gasteiger partial charge in [-0.15, -0.1) is 6.42 Å². The van der Waals surface area contributed by atoms with Crippen LogP contribution in [0.5, 0.6) is 0 Å². The van der Waals surface area contributed by atoms with E-state index in [1.54, 1.807) is 0 Å². The molecular weight excluding hydrogens is 302 g/mol. The third-order valence-corrected chi connectivity index (χ3v) is 5.12. The first kappa shape index (κ1) is 15.4. The van der Waals surface area contributed by atoms with E-state index >= 15 is 0 Å². The Balaban J connectivity index is 2.24. The Bertz CT molecular complexity index is 684. The molecule has 1 aliphatic heterocycles. The second kappa shape index (κ2) is 5.79. The summed E-state index contributed by atoms with van der Waals surface area (Å²) < 4.78 is 52.7. The minimum atomic E-state index is -4.29. The van der Waals surface area contributed by atoms with Crippen molar-refractivity contribution in [3.05, 3.63) is 29.8 Å².